The quantitative estimate of drug-likeness (QED) is 0.144. The number of imidazole rings is 1. The van der Waals surface area contributed by atoms with Crippen LogP contribution < -0.4 is 149 Å². The molecule has 0 fully saturated rings. The molecule has 164 valence electrons. The van der Waals surface area contributed by atoms with Crippen LogP contribution in [-0.4, -0.2) is 58.3 Å². The van der Waals surface area contributed by atoms with Gasteiger partial charge in [0.2, 0.25) is 5.95 Å². The van der Waals surface area contributed by atoms with Crippen molar-refractivity contribution in [1.29, 1.82) is 0 Å². The molecule has 0 radical (unpaired) electrons. The summed E-state index contributed by atoms with van der Waals surface area (Å²) in [4.78, 5) is 64.8. The molecule has 0 atom stereocenters. The predicted octanol–water partition coefficient (Wildman–Crippen LogP) is -15.8. The van der Waals surface area contributed by atoms with Crippen molar-refractivity contribution in [3.8, 4) is 0 Å². The summed E-state index contributed by atoms with van der Waals surface area (Å²) in [5, 5.41) is 0. The van der Waals surface area contributed by atoms with Gasteiger partial charge < -0.3 is 48.5 Å². The Hall–Kier alpha value is 2.37. The van der Waals surface area contributed by atoms with E-state index in [9.17, 15) is 33.5 Å². The molecule has 2 heterocycles. The van der Waals surface area contributed by atoms with Crippen molar-refractivity contribution in [2.45, 2.75) is 6.54 Å². The Kier molecular flexibility index (Phi) is 22.5. The number of nitrogen functional groups attached to an aromatic ring is 1. The normalized spacial score (nSPS) is 11.3. The average Bonchev–Trinajstić information content (AvgIpc) is 2.96. The van der Waals surface area contributed by atoms with Gasteiger partial charge in [0.15, 0.2) is 11.2 Å². The Bertz CT molecular complexity index is 953. The maximum Gasteiger partial charge on any atom is 1.00 e. The van der Waals surface area contributed by atoms with E-state index in [0.29, 0.717) is 0 Å². The molecule has 0 saturated carbocycles. The van der Waals surface area contributed by atoms with Crippen molar-refractivity contribution in [2.24, 2.45) is 5.92 Å². The van der Waals surface area contributed by atoms with Gasteiger partial charge in [-0.25, -0.2) is 4.98 Å². The fraction of sp³-hybridized carbons (Fsp3) is 0.615. The summed E-state index contributed by atoms with van der Waals surface area (Å²) in [6.07, 6.45) is -0.0263. The van der Waals surface area contributed by atoms with Gasteiger partial charge in [0.25, 0.3) is 5.56 Å². The van der Waals surface area contributed by atoms with Gasteiger partial charge in [-0.15, -0.1) is 0 Å². The third-order valence-electron chi connectivity index (χ3n) is 3.67. The smallest absolute Gasteiger partial charge is 0.811 e. The molecular weight excluding hydrogens is 524 g/mol. The van der Waals surface area contributed by atoms with Crippen molar-refractivity contribution < 1.29 is 156 Å². The molecule has 0 unspecified atom stereocenters. The van der Waals surface area contributed by atoms with Gasteiger partial charge in [0.05, 0.1) is 32.8 Å². The molecule has 14 nitrogen and oxygen atoms in total. The number of anilines is 1. The second-order valence-corrected chi connectivity index (χ2v) is 9.54. The molecule has 2 aromatic rings. The SMILES string of the molecule is Nc1nc2c(ncn2CC(COCCP(=O)([O-])[O-])COCCP(=O)([O-])[O-])c(=O)[nH]1.[Na+].[Na+].[Na+].[Na+]. The van der Waals surface area contributed by atoms with Gasteiger partial charge in [-0.2, -0.15) is 4.98 Å². The Balaban J connectivity index is -0.00000225. The van der Waals surface area contributed by atoms with E-state index in [-0.39, 0.29) is 168 Å². The molecule has 0 aliphatic carbocycles. The number of hydrogen-bond donors (Lipinski definition) is 2. The van der Waals surface area contributed by atoms with Gasteiger partial charge in [0, 0.05) is 12.5 Å². The third-order valence-corrected chi connectivity index (χ3v) is 5.13. The average molecular weight is 543 g/mol. The van der Waals surface area contributed by atoms with E-state index in [1.165, 1.54) is 10.9 Å². The van der Waals surface area contributed by atoms with E-state index in [1.807, 2.05) is 0 Å². The molecular formula is C13H19N5Na4O9P2. The van der Waals surface area contributed by atoms with E-state index in [0.717, 1.165) is 0 Å². The molecule has 0 aliphatic rings. The molecule has 20 heteroatoms. The molecule has 0 aliphatic heterocycles. The number of nitrogens with zero attached hydrogens (tertiary/aromatic N) is 3. The fourth-order valence-corrected chi connectivity index (χ4v) is 3.09. The summed E-state index contributed by atoms with van der Waals surface area (Å²) in [5.74, 6) is -0.582. The van der Waals surface area contributed by atoms with Crippen molar-refractivity contribution in [3.63, 3.8) is 0 Å². The minimum absolute atomic E-state index is 0. The zero-order chi connectivity index (χ0) is 21.7. The largest absolute Gasteiger partial charge is 1.00 e. The summed E-state index contributed by atoms with van der Waals surface area (Å²) >= 11 is 0. The molecule has 3 N–H and O–H groups in total. The van der Waals surface area contributed by atoms with Crippen LogP contribution in [0.1, 0.15) is 0 Å². The number of nitrogens with two attached hydrogens (primary N) is 1. The zero-order valence-electron chi connectivity index (χ0n) is 19.1. The van der Waals surface area contributed by atoms with Gasteiger partial charge in [-0.3, -0.25) is 9.78 Å². The monoisotopic (exact) mass is 543 g/mol. The number of H-pyrrole nitrogens is 1. The first-order chi connectivity index (χ1) is 13.4. The van der Waals surface area contributed by atoms with Crippen LogP contribution >= 0.6 is 15.2 Å². The summed E-state index contributed by atoms with van der Waals surface area (Å²) in [7, 11) is -9.41. The van der Waals surface area contributed by atoms with Gasteiger partial charge in [0.1, 0.15) is 0 Å². The Morgan fingerprint density at radius 1 is 1.00 bits per heavy atom. The number of fused-ring (bicyclic) bond motifs is 1. The minimum atomic E-state index is -4.70. The van der Waals surface area contributed by atoms with E-state index < -0.39 is 39.0 Å². The Labute approximate surface area is 278 Å². The maximum absolute atomic E-state index is 11.8. The first-order valence-corrected chi connectivity index (χ1v) is 11.8. The van der Waals surface area contributed by atoms with Crippen LogP contribution in [0.15, 0.2) is 11.1 Å². The van der Waals surface area contributed by atoms with Gasteiger partial charge in [-0.1, -0.05) is 15.2 Å². The Morgan fingerprint density at radius 2 is 1.48 bits per heavy atom. The first-order valence-electron chi connectivity index (χ1n) is 8.33. The van der Waals surface area contributed by atoms with E-state index >= 15 is 0 Å². The molecule has 2 aromatic heterocycles. The maximum atomic E-state index is 11.8. The van der Waals surface area contributed by atoms with Crippen molar-refractivity contribution in [2.75, 3.05) is 44.5 Å². The fourth-order valence-electron chi connectivity index (χ4n) is 2.39. The van der Waals surface area contributed by atoms with Gasteiger partial charge >= 0.3 is 118 Å². The number of aromatic nitrogens is 4. The number of hydrogen-bond acceptors (Lipinski definition) is 12. The van der Waals surface area contributed by atoms with Crippen LogP contribution in [0.5, 0.6) is 0 Å². The molecule has 0 saturated heterocycles. The molecule has 0 aromatic carbocycles. The molecule has 0 amide bonds. The summed E-state index contributed by atoms with van der Waals surface area (Å²) in [5.41, 5.74) is 5.25. The molecule has 2 rings (SSSR count). The molecule has 0 bridgehead atoms. The first kappa shape index (κ1) is 39.9. The van der Waals surface area contributed by atoms with Crippen molar-refractivity contribution >= 4 is 32.3 Å². The number of nitrogens with one attached hydrogen (secondary N) is 1. The van der Waals surface area contributed by atoms with E-state index in [2.05, 4.69) is 15.0 Å². The topological polar surface area (TPSA) is 234 Å². The van der Waals surface area contributed by atoms with Crippen LogP contribution in [0.3, 0.4) is 0 Å². The van der Waals surface area contributed by atoms with Crippen LogP contribution in [0.4, 0.5) is 5.95 Å². The van der Waals surface area contributed by atoms with Crippen LogP contribution in [-0.2, 0) is 25.1 Å². The minimum Gasteiger partial charge on any atom is -0.811 e. The summed E-state index contributed by atoms with van der Waals surface area (Å²) < 4.78 is 33.2. The summed E-state index contributed by atoms with van der Waals surface area (Å²) in [6, 6.07) is 0. The predicted molar refractivity (Wildman–Crippen MR) is 92.6 cm³/mol. The molecule has 0 spiro atoms. The number of ether oxygens (including phenoxy) is 2. The summed E-state index contributed by atoms with van der Waals surface area (Å²) in [6.45, 7) is -0.611. The standard InChI is InChI=1S/C13H23N5O9P2.4Na/c14-13-16-11-10(12(19)17-13)15-8-18(11)5-9(6-26-1-3-28(20,21)22)7-27-2-4-29(23,24)25;;;;/h8-9H,1-7H2,(H2,20,21,22)(H2,23,24,25)(H3,14,16,17,19);;;;/q;4*+1/p-4. The van der Waals surface area contributed by atoms with Crippen LogP contribution in [0, 0.1) is 5.92 Å². The van der Waals surface area contributed by atoms with Crippen molar-refractivity contribution in [1.82, 2.24) is 19.5 Å². The number of rotatable bonds is 12. The van der Waals surface area contributed by atoms with E-state index in [1.54, 1.807) is 0 Å². The van der Waals surface area contributed by atoms with Crippen LogP contribution in [0.2, 0.25) is 0 Å². The Morgan fingerprint density at radius 3 is 1.94 bits per heavy atom. The molecule has 33 heavy (non-hydrogen) atoms. The van der Waals surface area contributed by atoms with Gasteiger partial charge in [-0.05, 0) is 12.3 Å². The van der Waals surface area contributed by atoms with Crippen LogP contribution in [0.25, 0.3) is 11.2 Å². The number of aromatic amines is 1. The third kappa shape index (κ3) is 16.0. The second kappa shape index (κ2) is 18.6. The van der Waals surface area contributed by atoms with Crippen molar-refractivity contribution in [3.05, 3.63) is 16.7 Å². The zero-order valence-corrected chi connectivity index (χ0v) is 28.9. The second-order valence-electron chi connectivity index (χ2n) is 6.21. The van der Waals surface area contributed by atoms with E-state index in [4.69, 9.17) is 15.2 Å².